The van der Waals surface area contributed by atoms with Crippen LogP contribution in [0.25, 0.3) is 0 Å². The molecule has 3 radical (unpaired) electrons. The lowest BCUT2D eigenvalue weighted by molar-refractivity contribution is 0.513. The molecule has 0 atom stereocenters. The number of hydrogen-bond acceptors (Lipinski definition) is 0. The Hall–Kier alpha value is 0.217. The van der Waals surface area contributed by atoms with Crippen molar-refractivity contribution >= 4 is 10.2 Å². The van der Waals surface area contributed by atoms with E-state index in [0.717, 1.165) is 0 Å². The Balaban J connectivity index is 2.99. The summed E-state index contributed by atoms with van der Waals surface area (Å²) in [6, 6.07) is 1.18. The molecule has 0 bridgehead atoms. The highest BCUT2D eigenvalue weighted by atomic mass is 28.1. The molecule has 0 saturated heterocycles. The average Bonchev–Trinajstić information content (AvgIpc) is 2.83. The number of rotatable bonds is 30. The van der Waals surface area contributed by atoms with E-state index in [1.165, 1.54) is 199 Å². The SMILES string of the molecule is CCCCCCCCCCCCCCCCCCCCCCCCCCCCCCCC[Si]. The predicted molar refractivity (Wildman–Crippen MR) is 155 cm³/mol. The van der Waals surface area contributed by atoms with Gasteiger partial charge in [0.1, 0.15) is 0 Å². The molecule has 0 N–H and O–H groups in total. The number of unbranched alkanes of at least 4 members (excludes halogenated alkanes) is 29. The van der Waals surface area contributed by atoms with E-state index in [0.29, 0.717) is 0 Å². The van der Waals surface area contributed by atoms with E-state index >= 15 is 0 Å². The van der Waals surface area contributed by atoms with Gasteiger partial charge in [0.25, 0.3) is 0 Å². The first-order valence-electron chi connectivity index (χ1n) is 16.1. The van der Waals surface area contributed by atoms with Crippen molar-refractivity contribution < 1.29 is 0 Å². The maximum absolute atomic E-state index is 3.56. The Morgan fingerprint density at radius 1 is 0.242 bits per heavy atom. The quantitative estimate of drug-likeness (QED) is 0.0712. The molecule has 0 aromatic carbocycles. The van der Waals surface area contributed by atoms with Crippen molar-refractivity contribution in [2.75, 3.05) is 0 Å². The fourth-order valence-electron chi connectivity index (χ4n) is 5.15. The van der Waals surface area contributed by atoms with E-state index < -0.39 is 0 Å². The normalized spacial score (nSPS) is 11.5. The smallest absolute Gasteiger partial charge is 0.0222 e. The highest BCUT2D eigenvalue weighted by Gasteiger charge is 1.96. The first kappa shape index (κ1) is 33.2. The lowest BCUT2D eigenvalue weighted by atomic mass is 10.0. The lowest BCUT2D eigenvalue weighted by Crippen LogP contribution is -1.85. The topological polar surface area (TPSA) is 0 Å². The van der Waals surface area contributed by atoms with E-state index in [1.807, 2.05) is 0 Å². The summed E-state index contributed by atoms with van der Waals surface area (Å²) in [5.74, 6) is 0. The summed E-state index contributed by atoms with van der Waals surface area (Å²) in [4.78, 5) is 0. The largest absolute Gasteiger partial charge is 0.0654 e. The Kier molecular flexibility index (Phi) is 32.4. The molecule has 0 aromatic heterocycles. The van der Waals surface area contributed by atoms with Gasteiger partial charge in [-0.1, -0.05) is 206 Å². The highest BCUT2D eigenvalue weighted by molar-refractivity contribution is 6.08. The van der Waals surface area contributed by atoms with Gasteiger partial charge in [-0.25, -0.2) is 0 Å². The van der Waals surface area contributed by atoms with Gasteiger partial charge in [-0.15, -0.1) is 0 Å². The second-order valence-corrected chi connectivity index (χ2v) is 11.5. The van der Waals surface area contributed by atoms with Gasteiger partial charge in [0.05, 0.1) is 0 Å². The van der Waals surface area contributed by atoms with Crippen molar-refractivity contribution in [3.63, 3.8) is 0 Å². The van der Waals surface area contributed by atoms with Gasteiger partial charge in [0.2, 0.25) is 0 Å². The van der Waals surface area contributed by atoms with Crippen molar-refractivity contribution in [2.45, 2.75) is 206 Å². The molecule has 33 heavy (non-hydrogen) atoms. The second kappa shape index (κ2) is 32.2. The van der Waals surface area contributed by atoms with Crippen LogP contribution in [-0.4, -0.2) is 10.2 Å². The fraction of sp³-hybridized carbons (Fsp3) is 1.00. The fourth-order valence-corrected chi connectivity index (χ4v) is 5.40. The van der Waals surface area contributed by atoms with Crippen LogP contribution in [0.15, 0.2) is 0 Å². The van der Waals surface area contributed by atoms with E-state index in [2.05, 4.69) is 17.2 Å². The monoisotopic (exact) mass is 477 g/mol. The molecule has 0 aromatic rings. The molecule has 0 aliphatic rings. The molecule has 0 saturated carbocycles. The molecule has 0 spiro atoms. The van der Waals surface area contributed by atoms with Gasteiger partial charge >= 0.3 is 0 Å². The van der Waals surface area contributed by atoms with Crippen molar-refractivity contribution in [3.05, 3.63) is 0 Å². The zero-order chi connectivity index (χ0) is 23.9. The van der Waals surface area contributed by atoms with Crippen LogP contribution in [0.5, 0.6) is 0 Å². The highest BCUT2D eigenvalue weighted by Crippen LogP contribution is 2.16. The second-order valence-electron chi connectivity index (χ2n) is 11.0. The van der Waals surface area contributed by atoms with Crippen LogP contribution < -0.4 is 0 Å². The molecule has 0 amide bonds. The van der Waals surface area contributed by atoms with Gasteiger partial charge in [-0.3, -0.25) is 0 Å². The number of hydrogen-bond donors (Lipinski definition) is 0. The van der Waals surface area contributed by atoms with Crippen molar-refractivity contribution in [1.82, 2.24) is 0 Å². The minimum Gasteiger partial charge on any atom is -0.0654 e. The van der Waals surface area contributed by atoms with Crippen molar-refractivity contribution in [3.8, 4) is 0 Å². The summed E-state index contributed by atoms with van der Waals surface area (Å²) in [5.41, 5.74) is 0. The summed E-state index contributed by atoms with van der Waals surface area (Å²) in [7, 11) is 3.56. The molecule has 0 aliphatic heterocycles. The third-order valence-electron chi connectivity index (χ3n) is 7.53. The van der Waals surface area contributed by atoms with E-state index in [9.17, 15) is 0 Å². The third-order valence-corrected chi connectivity index (χ3v) is 7.88. The van der Waals surface area contributed by atoms with Crippen LogP contribution in [0.4, 0.5) is 0 Å². The van der Waals surface area contributed by atoms with Crippen LogP contribution >= 0.6 is 0 Å². The molecule has 0 aliphatic carbocycles. The third kappa shape index (κ3) is 32.2. The molecule has 0 nitrogen and oxygen atoms in total. The van der Waals surface area contributed by atoms with Gasteiger partial charge in [-0.2, -0.15) is 0 Å². The maximum Gasteiger partial charge on any atom is 0.0222 e. The Bertz CT molecular complexity index is 284. The Morgan fingerprint density at radius 3 is 0.545 bits per heavy atom. The van der Waals surface area contributed by atoms with Gasteiger partial charge in [0.15, 0.2) is 0 Å². The van der Waals surface area contributed by atoms with Gasteiger partial charge in [0, 0.05) is 10.2 Å². The van der Waals surface area contributed by atoms with Crippen LogP contribution in [0, 0.1) is 0 Å². The average molecular weight is 478 g/mol. The summed E-state index contributed by atoms with van der Waals surface area (Å²) < 4.78 is 0. The molecule has 197 valence electrons. The van der Waals surface area contributed by atoms with Crippen molar-refractivity contribution in [1.29, 1.82) is 0 Å². The molecule has 0 unspecified atom stereocenters. The van der Waals surface area contributed by atoms with E-state index in [1.54, 1.807) is 0 Å². The van der Waals surface area contributed by atoms with Crippen LogP contribution in [0.2, 0.25) is 6.04 Å². The minimum atomic E-state index is 1.18. The van der Waals surface area contributed by atoms with Crippen molar-refractivity contribution in [2.24, 2.45) is 0 Å². The van der Waals surface area contributed by atoms with Crippen LogP contribution in [0.3, 0.4) is 0 Å². The zero-order valence-corrected chi connectivity index (χ0v) is 24.4. The molecule has 0 rings (SSSR count). The molecule has 1 heteroatoms. The minimum absolute atomic E-state index is 1.18. The summed E-state index contributed by atoms with van der Waals surface area (Å²) >= 11 is 0. The van der Waals surface area contributed by atoms with E-state index in [-0.39, 0.29) is 0 Å². The van der Waals surface area contributed by atoms with E-state index in [4.69, 9.17) is 0 Å². The molecular formula is C32H65Si. The maximum atomic E-state index is 3.56. The van der Waals surface area contributed by atoms with Crippen LogP contribution in [-0.2, 0) is 0 Å². The molecule has 0 fully saturated rings. The predicted octanol–water partition coefficient (Wildman–Crippen LogP) is 12.3. The molecular weight excluding hydrogens is 412 g/mol. The Labute approximate surface area is 215 Å². The molecule has 0 heterocycles. The summed E-state index contributed by atoms with van der Waals surface area (Å²) in [5, 5.41) is 0. The zero-order valence-electron chi connectivity index (χ0n) is 23.4. The summed E-state index contributed by atoms with van der Waals surface area (Å²) in [6.07, 6.45) is 44.2. The first-order valence-corrected chi connectivity index (χ1v) is 16.8. The van der Waals surface area contributed by atoms with Gasteiger partial charge in [-0.05, 0) is 0 Å². The standard InChI is InChI=1S/C32H65Si/c1-2-3-4-5-6-7-8-9-10-11-12-13-14-15-16-17-18-19-20-21-22-23-24-25-26-27-28-29-30-31-32-33/h2-32H2,1H3. The first-order chi connectivity index (χ1) is 16.4. The van der Waals surface area contributed by atoms with Crippen LogP contribution in [0.1, 0.15) is 200 Å². The Morgan fingerprint density at radius 2 is 0.394 bits per heavy atom. The van der Waals surface area contributed by atoms with Gasteiger partial charge < -0.3 is 0 Å². The summed E-state index contributed by atoms with van der Waals surface area (Å²) in [6.45, 7) is 2.31. The lowest BCUT2D eigenvalue weighted by Gasteiger charge is -2.04.